The maximum absolute atomic E-state index is 12.7. The van der Waals surface area contributed by atoms with Crippen LogP contribution in [0.4, 0.5) is 0 Å². The van der Waals surface area contributed by atoms with Gasteiger partial charge >= 0.3 is 0 Å². The Kier molecular flexibility index (Phi) is 4.85. The van der Waals surface area contributed by atoms with Crippen molar-refractivity contribution in [2.75, 3.05) is 19.6 Å². The van der Waals surface area contributed by atoms with Crippen LogP contribution in [0.1, 0.15) is 22.8 Å². The van der Waals surface area contributed by atoms with Crippen molar-refractivity contribution in [3.63, 3.8) is 0 Å². The van der Waals surface area contributed by atoms with E-state index in [9.17, 15) is 9.00 Å². The molecule has 0 saturated heterocycles. The fourth-order valence-corrected chi connectivity index (χ4v) is 3.08. The second-order valence-electron chi connectivity index (χ2n) is 5.49. The molecule has 24 heavy (non-hydrogen) atoms. The second-order valence-corrected chi connectivity index (χ2v) is 6.87. The molecule has 2 aromatic rings. The Bertz CT molecular complexity index is 773. The summed E-state index contributed by atoms with van der Waals surface area (Å²) in [5.74, 6) is 1.39. The lowest BCUT2D eigenvalue weighted by Crippen LogP contribution is -2.30. The van der Waals surface area contributed by atoms with Crippen molar-refractivity contribution in [2.24, 2.45) is 0 Å². The van der Waals surface area contributed by atoms with E-state index in [1.807, 2.05) is 25.1 Å². The van der Waals surface area contributed by atoms with Crippen molar-refractivity contribution in [3.8, 4) is 11.5 Å². The predicted octanol–water partition coefficient (Wildman–Crippen LogP) is 2.82. The first-order chi connectivity index (χ1) is 11.6. The molecule has 6 heteroatoms. The lowest BCUT2D eigenvalue weighted by Gasteiger charge is -2.21. The quantitative estimate of drug-likeness (QED) is 0.836. The maximum atomic E-state index is 12.7. The van der Waals surface area contributed by atoms with E-state index in [0.29, 0.717) is 29.3 Å². The van der Waals surface area contributed by atoms with Crippen LogP contribution >= 0.6 is 0 Å². The SMILES string of the molecule is CCN(Cc1ccc2c(c1)OCO2)C(=O)c1ccc(S(C)=O)cc1. The van der Waals surface area contributed by atoms with Crippen LogP contribution in [0.3, 0.4) is 0 Å². The summed E-state index contributed by atoms with van der Waals surface area (Å²) in [7, 11) is -1.05. The van der Waals surface area contributed by atoms with Crippen molar-refractivity contribution in [1.29, 1.82) is 0 Å². The monoisotopic (exact) mass is 345 g/mol. The summed E-state index contributed by atoms with van der Waals surface area (Å²) in [5.41, 5.74) is 1.58. The number of carbonyl (C=O) groups is 1. The average molecular weight is 345 g/mol. The summed E-state index contributed by atoms with van der Waals surface area (Å²) in [6.07, 6.45) is 1.62. The molecule has 1 atom stereocenters. The molecule has 0 aromatic heterocycles. The van der Waals surface area contributed by atoms with E-state index in [1.54, 1.807) is 35.4 Å². The Morgan fingerprint density at radius 1 is 1.12 bits per heavy atom. The molecule has 0 N–H and O–H groups in total. The zero-order chi connectivity index (χ0) is 17.1. The van der Waals surface area contributed by atoms with Gasteiger partial charge in [0.2, 0.25) is 6.79 Å². The Morgan fingerprint density at radius 3 is 2.50 bits per heavy atom. The van der Waals surface area contributed by atoms with E-state index in [0.717, 1.165) is 11.3 Å². The molecule has 0 aliphatic carbocycles. The molecular formula is C18H19NO4S. The predicted molar refractivity (Wildman–Crippen MR) is 91.8 cm³/mol. The highest BCUT2D eigenvalue weighted by Gasteiger charge is 2.18. The molecule has 0 bridgehead atoms. The van der Waals surface area contributed by atoms with Crippen molar-refractivity contribution < 1.29 is 18.5 Å². The minimum atomic E-state index is -1.05. The van der Waals surface area contributed by atoms with E-state index in [2.05, 4.69) is 0 Å². The van der Waals surface area contributed by atoms with Gasteiger partial charge in [0.1, 0.15) is 0 Å². The van der Waals surface area contributed by atoms with Crippen LogP contribution in [0.2, 0.25) is 0 Å². The maximum Gasteiger partial charge on any atom is 0.254 e. The lowest BCUT2D eigenvalue weighted by atomic mass is 10.1. The standard InChI is InChI=1S/C18H19NO4S/c1-3-19(11-13-4-9-16-17(10-13)23-12-22-16)18(20)14-5-7-15(8-6-14)24(2)21/h4-10H,3,11-12H2,1-2H3. The van der Waals surface area contributed by atoms with Crippen LogP contribution in [0.5, 0.6) is 11.5 Å². The Labute approximate surface area is 143 Å². The minimum Gasteiger partial charge on any atom is -0.454 e. The molecule has 3 rings (SSSR count). The van der Waals surface area contributed by atoms with E-state index in [4.69, 9.17) is 9.47 Å². The first-order valence-corrected chi connectivity index (χ1v) is 9.25. The third-order valence-corrected chi connectivity index (χ3v) is 4.85. The number of rotatable bonds is 5. The highest BCUT2D eigenvalue weighted by Crippen LogP contribution is 2.32. The van der Waals surface area contributed by atoms with Crippen molar-refractivity contribution in [1.82, 2.24) is 4.90 Å². The molecule has 1 amide bonds. The molecule has 126 valence electrons. The minimum absolute atomic E-state index is 0.0522. The Hall–Kier alpha value is -2.34. The number of fused-ring (bicyclic) bond motifs is 1. The highest BCUT2D eigenvalue weighted by atomic mass is 32.2. The summed E-state index contributed by atoms with van der Waals surface area (Å²) in [6.45, 7) is 3.27. The zero-order valence-electron chi connectivity index (χ0n) is 13.7. The van der Waals surface area contributed by atoms with E-state index in [-0.39, 0.29) is 12.7 Å². The van der Waals surface area contributed by atoms with Gasteiger partial charge in [-0.1, -0.05) is 6.07 Å². The Morgan fingerprint density at radius 2 is 1.83 bits per heavy atom. The van der Waals surface area contributed by atoms with Gasteiger partial charge in [0.25, 0.3) is 5.91 Å². The first kappa shape index (κ1) is 16.5. The fraction of sp³-hybridized carbons (Fsp3) is 0.278. The molecule has 2 aromatic carbocycles. The molecule has 0 radical (unpaired) electrons. The van der Waals surface area contributed by atoms with Crippen LogP contribution in [0.25, 0.3) is 0 Å². The van der Waals surface area contributed by atoms with Crippen LogP contribution in [0, 0.1) is 0 Å². The summed E-state index contributed by atoms with van der Waals surface area (Å²) < 4.78 is 22.1. The fourth-order valence-electron chi connectivity index (χ4n) is 2.56. The van der Waals surface area contributed by atoms with Gasteiger partial charge in [-0.05, 0) is 48.9 Å². The number of amides is 1. The molecule has 1 unspecified atom stereocenters. The summed E-state index contributed by atoms with van der Waals surface area (Å²) in [6, 6.07) is 12.6. The molecule has 0 saturated carbocycles. The van der Waals surface area contributed by atoms with E-state index >= 15 is 0 Å². The van der Waals surface area contributed by atoms with Gasteiger partial charge in [-0.15, -0.1) is 0 Å². The first-order valence-electron chi connectivity index (χ1n) is 7.69. The molecule has 0 spiro atoms. The van der Waals surface area contributed by atoms with Crippen LogP contribution in [-0.2, 0) is 17.3 Å². The largest absolute Gasteiger partial charge is 0.454 e. The number of ether oxygens (including phenoxy) is 2. The number of carbonyl (C=O) groups excluding carboxylic acids is 1. The second kappa shape index (κ2) is 7.05. The van der Waals surface area contributed by atoms with Gasteiger partial charge in [0, 0.05) is 40.6 Å². The molecule has 1 aliphatic heterocycles. The molecule has 1 aliphatic rings. The van der Waals surface area contributed by atoms with Crippen molar-refractivity contribution in [3.05, 3.63) is 53.6 Å². The third-order valence-electron chi connectivity index (χ3n) is 3.91. The van der Waals surface area contributed by atoms with E-state index < -0.39 is 10.8 Å². The van der Waals surface area contributed by atoms with E-state index in [1.165, 1.54) is 0 Å². The molecule has 5 nitrogen and oxygen atoms in total. The number of hydrogen-bond donors (Lipinski definition) is 0. The van der Waals surface area contributed by atoms with Crippen LogP contribution in [-0.4, -0.2) is 34.6 Å². The number of nitrogens with zero attached hydrogens (tertiary/aromatic N) is 1. The summed E-state index contributed by atoms with van der Waals surface area (Å²) in [4.78, 5) is 15.2. The normalized spacial score (nSPS) is 13.6. The topological polar surface area (TPSA) is 55.8 Å². The van der Waals surface area contributed by atoms with Crippen molar-refractivity contribution >= 4 is 16.7 Å². The molecule has 0 fully saturated rings. The van der Waals surface area contributed by atoms with Crippen LogP contribution in [0.15, 0.2) is 47.4 Å². The Balaban J connectivity index is 1.75. The number of hydrogen-bond acceptors (Lipinski definition) is 4. The van der Waals surface area contributed by atoms with Crippen molar-refractivity contribution in [2.45, 2.75) is 18.4 Å². The van der Waals surface area contributed by atoms with Gasteiger partial charge in [-0.25, -0.2) is 0 Å². The summed E-state index contributed by atoms with van der Waals surface area (Å²) >= 11 is 0. The van der Waals surface area contributed by atoms with Crippen LogP contribution < -0.4 is 9.47 Å². The van der Waals surface area contributed by atoms with Gasteiger partial charge in [-0.3, -0.25) is 9.00 Å². The molecule has 1 heterocycles. The van der Waals surface area contributed by atoms with Gasteiger partial charge < -0.3 is 14.4 Å². The van der Waals surface area contributed by atoms with Gasteiger partial charge in [-0.2, -0.15) is 0 Å². The smallest absolute Gasteiger partial charge is 0.254 e. The zero-order valence-corrected chi connectivity index (χ0v) is 14.5. The molecular weight excluding hydrogens is 326 g/mol. The third kappa shape index (κ3) is 3.43. The summed E-state index contributed by atoms with van der Waals surface area (Å²) in [5, 5.41) is 0. The highest BCUT2D eigenvalue weighted by molar-refractivity contribution is 7.84. The average Bonchev–Trinajstić information content (AvgIpc) is 3.07. The lowest BCUT2D eigenvalue weighted by molar-refractivity contribution is 0.0752. The van der Waals surface area contributed by atoms with Gasteiger partial charge in [0.15, 0.2) is 11.5 Å². The van der Waals surface area contributed by atoms with Gasteiger partial charge in [0.05, 0.1) is 0 Å². The number of benzene rings is 2.